The summed E-state index contributed by atoms with van der Waals surface area (Å²) < 4.78 is 5.77. The standard InChI is InChI=1S/C11H18N2OS/c1-6(12)4-10-13-9-5-7(2)14-8(3)11(9)15-10/h6-8H,4-5,12H2,1-3H3. The third-order valence-corrected chi connectivity index (χ3v) is 3.84. The van der Waals surface area contributed by atoms with Gasteiger partial charge < -0.3 is 10.5 Å². The van der Waals surface area contributed by atoms with E-state index in [1.165, 1.54) is 10.6 Å². The lowest BCUT2D eigenvalue weighted by atomic mass is 10.1. The number of nitrogens with zero attached hydrogens (tertiary/aromatic N) is 1. The number of hydrogen-bond donors (Lipinski definition) is 1. The minimum absolute atomic E-state index is 0.186. The van der Waals surface area contributed by atoms with Gasteiger partial charge in [-0.2, -0.15) is 0 Å². The summed E-state index contributed by atoms with van der Waals surface area (Å²) in [5, 5.41) is 1.15. The molecule has 0 saturated carbocycles. The number of ether oxygens (including phenoxy) is 1. The lowest BCUT2D eigenvalue weighted by Gasteiger charge is -2.23. The molecule has 0 saturated heterocycles. The van der Waals surface area contributed by atoms with Crippen LogP contribution in [0.1, 0.15) is 42.5 Å². The summed E-state index contributed by atoms with van der Waals surface area (Å²) in [5.74, 6) is 0. The first-order valence-corrected chi connectivity index (χ1v) is 6.27. The van der Waals surface area contributed by atoms with E-state index < -0.39 is 0 Å². The minimum atomic E-state index is 0.186. The molecule has 1 aliphatic heterocycles. The van der Waals surface area contributed by atoms with Crippen molar-refractivity contribution in [2.75, 3.05) is 0 Å². The summed E-state index contributed by atoms with van der Waals surface area (Å²) in [6.07, 6.45) is 2.30. The Labute approximate surface area is 94.7 Å². The van der Waals surface area contributed by atoms with Crippen molar-refractivity contribution in [1.29, 1.82) is 0 Å². The molecule has 2 rings (SSSR count). The fraction of sp³-hybridized carbons (Fsp3) is 0.727. The average Bonchev–Trinajstić information content (AvgIpc) is 2.45. The summed E-state index contributed by atoms with van der Waals surface area (Å²) in [4.78, 5) is 5.95. The largest absolute Gasteiger partial charge is 0.370 e. The molecule has 4 heteroatoms. The Balaban J connectivity index is 2.23. The molecule has 3 unspecified atom stereocenters. The first kappa shape index (κ1) is 11.0. The maximum atomic E-state index is 5.78. The fourth-order valence-electron chi connectivity index (χ4n) is 1.97. The van der Waals surface area contributed by atoms with Crippen molar-refractivity contribution in [2.45, 2.75) is 51.9 Å². The summed E-state index contributed by atoms with van der Waals surface area (Å²) in [7, 11) is 0. The van der Waals surface area contributed by atoms with E-state index in [0.717, 1.165) is 17.8 Å². The molecule has 84 valence electrons. The molecule has 0 bridgehead atoms. The van der Waals surface area contributed by atoms with Crippen molar-refractivity contribution in [2.24, 2.45) is 5.73 Å². The molecule has 3 atom stereocenters. The van der Waals surface area contributed by atoms with Gasteiger partial charge in [-0.1, -0.05) is 0 Å². The Hall–Kier alpha value is -0.450. The van der Waals surface area contributed by atoms with Crippen molar-refractivity contribution in [3.8, 4) is 0 Å². The molecular formula is C11H18N2OS. The van der Waals surface area contributed by atoms with Crippen LogP contribution in [0.4, 0.5) is 0 Å². The number of thiazole rings is 1. The van der Waals surface area contributed by atoms with E-state index in [1.54, 1.807) is 11.3 Å². The molecule has 1 aromatic heterocycles. The predicted molar refractivity (Wildman–Crippen MR) is 62.1 cm³/mol. The van der Waals surface area contributed by atoms with Crippen molar-refractivity contribution in [3.63, 3.8) is 0 Å². The lowest BCUT2D eigenvalue weighted by molar-refractivity contribution is -0.00318. The second kappa shape index (κ2) is 4.20. The second-order valence-electron chi connectivity index (χ2n) is 4.39. The number of rotatable bonds is 2. The quantitative estimate of drug-likeness (QED) is 0.839. The topological polar surface area (TPSA) is 48.1 Å². The van der Waals surface area contributed by atoms with E-state index in [9.17, 15) is 0 Å². The van der Waals surface area contributed by atoms with Crippen LogP contribution in [-0.4, -0.2) is 17.1 Å². The highest BCUT2D eigenvalue weighted by Gasteiger charge is 2.25. The summed E-state index contributed by atoms with van der Waals surface area (Å²) >= 11 is 1.76. The average molecular weight is 226 g/mol. The Morgan fingerprint density at radius 3 is 3.00 bits per heavy atom. The normalized spacial score (nSPS) is 27.5. The van der Waals surface area contributed by atoms with Gasteiger partial charge in [-0.05, 0) is 20.8 Å². The van der Waals surface area contributed by atoms with Crippen LogP contribution in [0.15, 0.2) is 0 Å². The molecule has 2 N–H and O–H groups in total. The van der Waals surface area contributed by atoms with Gasteiger partial charge >= 0.3 is 0 Å². The Bertz CT molecular complexity index is 348. The van der Waals surface area contributed by atoms with Gasteiger partial charge in [0.1, 0.15) is 0 Å². The van der Waals surface area contributed by atoms with Gasteiger partial charge in [0.15, 0.2) is 0 Å². The summed E-state index contributed by atoms with van der Waals surface area (Å²) in [5.41, 5.74) is 7.00. The Morgan fingerprint density at radius 1 is 1.60 bits per heavy atom. The first-order valence-electron chi connectivity index (χ1n) is 5.45. The molecule has 0 spiro atoms. The molecule has 0 fully saturated rings. The van der Waals surface area contributed by atoms with Crippen LogP contribution in [0, 0.1) is 0 Å². The molecule has 2 heterocycles. The Kier molecular flexibility index (Phi) is 3.09. The van der Waals surface area contributed by atoms with Crippen LogP contribution < -0.4 is 5.73 Å². The highest BCUT2D eigenvalue weighted by atomic mass is 32.1. The van der Waals surface area contributed by atoms with Crippen LogP contribution in [0.3, 0.4) is 0 Å². The highest BCUT2D eigenvalue weighted by Crippen LogP contribution is 2.34. The first-order chi connectivity index (χ1) is 7.06. The van der Waals surface area contributed by atoms with Crippen molar-refractivity contribution in [1.82, 2.24) is 4.98 Å². The molecule has 1 aromatic rings. The van der Waals surface area contributed by atoms with Crippen LogP contribution >= 0.6 is 11.3 Å². The van der Waals surface area contributed by atoms with Gasteiger partial charge in [0.25, 0.3) is 0 Å². The van der Waals surface area contributed by atoms with Crippen LogP contribution in [0.25, 0.3) is 0 Å². The third-order valence-electron chi connectivity index (χ3n) is 2.55. The molecule has 0 amide bonds. The van der Waals surface area contributed by atoms with Crippen LogP contribution in [-0.2, 0) is 17.6 Å². The molecule has 3 nitrogen and oxygen atoms in total. The van der Waals surface area contributed by atoms with Crippen LogP contribution in [0.5, 0.6) is 0 Å². The Morgan fingerprint density at radius 2 is 2.33 bits per heavy atom. The maximum Gasteiger partial charge on any atom is 0.0947 e. The van der Waals surface area contributed by atoms with Gasteiger partial charge in [-0.15, -0.1) is 11.3 Å². The van der Waals surface area contributed by atoms with Crippen molar-refractivity contribution >= 4 is 11.3 Å². The van der Waals surface area contributed by atoms with E-state index in [2.05, 4.69) is 18.8 Å². The zero-order chi connectivity index (χ0) is 11.0. The predicted octanol–water partition coefficient (Wildman–Crippen LogP) is 2.06. The fourth-order valence-corrected chi connectivity index (χ4v) is 3.20. The minimum Gasteiger partial charge on any atom is -0.370 e. The van der Waals surface area contributed by atoms with Gasteiger partial charge in [0, 0.05) is 18.9 Å². The number of hydrogen-bond acceptors (Lipinski definition) is 4. The van der Waals surface area contributed by atoms with Gasteiger partial charge in [0.05, 0.1) is 27.8 Å². The van der Waals surface area contributed by atoms with Crippen LogP contribution in [0.2, 0.25) is 0 Å². The third kappa shape index (κ3) is 2.38. The summed E-state index contributed by atoms with van der Waals surface area (Å²) in [6, 6.07) is 0.186. The molecular weight excluding hydrogens is 208 g/mol. The van der Waals surface area contributed by atoms with Gasteiger partial charge in [-0.3, -0.25) is 0 Å². The number of aromatic nitrogens is 1. The van der Waals surface area contributed by atoms with E-state index in [-0.39, 0.29) is 18.2 Å². The number of fused-ring (bicyclic) bond motifs is 1. The zero-order valence-corrected chi connectivity index (χ0v) is 10.3. The molecule has 15 heavy (non-hydrogen) atoms. The van der Waals surface area contributed by atoms with E-state index in [4.69, 9.17) is 10.5 Å². The molecule has 1 aliphatic rings. The maximum absolute atomic E-state index is 5.78. The molecule has 0 aromatic carbocycles. The highest BCUT2D eigenvalue weighted by molar-refractivity contribution is 7.11. The van der Waals surface area contributed by atoms with E-state index in [1.807, 2.05) is 6.92 Å². The van der Waals surface area contributed by atoms with Crippen molar-refractivity contribution in [3.05, 3.63) is 15.6 Å². The zero-order valence-electron chi connectivity index (χ0n) is 9.49. The number of nitrogens with two attached hydrogens (primary N) is 1. The smallest absolute Gasteiger partial charge is 0.0947 e. The lowest BCUT2D eigenvalue weighted by Crippen LogP contribution is -2.21. The van der Waals surface area contributed by atoms with Crippen molar-refractivity contribution < 1.29 is 4.74 Å². The monoisotopic (exact) mass is 226 g/mol. The van der Waals surface area contributed by atoms with E-state index in [0.29, 0.717) is 0 Å². The molecule has 0 aliphatic carbocycles. The molecule has 0 radical (unpaired) electrons. The summed E-state index contributed by atoms with van der Waals surface area (Å²) in [6.45, 7) is 6.22. The second-order valence-corrected chi connectivity index (χ2v) is 5.51. The SMILES string of the molecule is CC(N)Cc1nc2c(s1)C(C)OC(C)C2. The van der Waals surface area contributed by atoms with Gasteiger partial charge in [0.2, 0.25) is 0 Å². The van der Waals surface area contributed by atoms with E-state index >= 15 is 0 Å². The van der Waals surface area contributed by atoms with Gasteiger partial charge in [-0.25, -0.2) is 4.98 Å².